The largest absolute Gasteiger partial charge is 0.491 e. The van der Waals surface area contributed by atoms with E-state index < -0.39 is 0 Å². The van der Waals surface area contributed by atoms with E-state index in [9.17, 15) is 0 Å². The van der Waals surface area contributed by atoms with Gasteiger partial charge in [-0.3, -0.25) is 20.0 Å². The van der Waals surface area contributed by atoms with Crippen LogP contribution in [-0.4, -0.2) is 61.3 Å². The second-order valence-electron chi connectivity index (χ2n) is 9.68. The van der Waals surface area contributed by atoms with Crippen LogP contribution in [0.3, 0.4) is 0 Å². The first-order chi connectivity index (χ1) is 18.8. The highest BCUT2D eigenvalue weighted by Crippen LogP contribution is 2.34. The fourth-order valence-electron chi connectivity index (χ4n) is 5.29. The first-order valence-electron chi connectivity index (χ1n) is 13.0. The Bertz CT molecular complexity index is 1720. The molecule has 6 heterocycles. The minimum atomic E-state index is 0.673. The summed E-state index contributed by atoms with van der Waals surface area (Å²) in [6.07, 6.45) is 11.7. The van der Waals surface area contributed by atoms with Gasteiger partial charge in [0.25, 0.3) is 0 Å². The number of hydrogen-bond donors (Lipinski definition) is 2. The molecule has 0 saturated carbocycles. The maximum atomic E-state index is 6.04. The third-order valence-electron chi connectivity index (χ3n) is 7.26. The number of nitrogens with one attached hydrogen (secondary N) is 2. The van der Waals surface area contributed by atoms with Gasteiger partial charge >= 0.3 is 0 Å². The van der Waals surface area contributed by atoms with Gasteiger partial charge in [0.1, 0.15) is 23.7 Å². The summed E-state index contributed by atoms with van der Waals surface area (Å²) < 4.78 is 6.04. The van der Waals surface area contributed by atoms with Crippen molar-refractivity contribution in [3.8, 4) is 39.4 Å². The average molecular weight is 502 g/mol. The molecule has 1 fully saturated rings. The zero-order valence-electron chi connectivity index (χ0n) is 20.9. The Balaban J connectivity index is 1.20. The van der Waals surface area contributed by atoms with Crippen LogP contribution < -0.4 is 4.74 Å². The third kappa shape index (κ3) is 4.29. The molecule has 6 aromatic rings. The van der Waals surface area contributed by atoms with Crippen molar-refractivity contribution in [2.45, 2.75) is 12.8 Å². The van der Waals surface area contributed by atoms with E-state index in [0.29, 0.717) is 6.61 Å². The fraction of sp³-hybridized carbons (Fsp3) is 0.200. The van der Waals surface area contributed by atoms with Crippen LogP contribution in [0.25, 0.3) is 55.6 Å². The van der Waals surface area contributed by atoms with E-state index in [1.165, 1.54) is 25.9 Å². The second kappa shape index (κ2) is 9.72. The summed E-state index contributed by atoms with van der Waals surface area (Å²) in [6.45, 7) is 3.97. The number of likely N-dealkylation sites (tertiary alicyclic amines) is 1. The van der Waals surface area contributed by atoms with Crippen LogP contribution in [0.1, 0.15) is 12.8 Å². The number of ether oxygens (including phenoxy) is 1. The monoisotopic (exact) mass is 501 g/mol. The fourth-order valence-corrected chi connectivity index (χ4v) is 5.29. The maximum absolute atomic E-state index is 6.04. The van der Waals surface area contributed by atoms with Gasteiger partial charge in [-0.15, -0.1) is 0 Å². The SMILES string of the molecule is c1cc(-c2ccnc3[nH]c(-c4n[nH]c5ccc(-c6cncc(OCCN7CCCC7)c6)cc45)cc23)ccn1. The van der Waals surface area contributed by atoms with Crippen molar-refractivity contribution in [3.05, 3.63) is 79.5 Å². The van der Waals surface area contributed by atoms with Gasteiger partial charge in [0, 0.05) is 47.7 Å². The molecule has 0 aliphatic carbocycles. The Hall–Kier alpha value is -4.56. The van der Waals surface area contributed by atoms with Gasteiger partial charge in [0.05, 0.1) is 17.4 Å². The molecule has 0 spiro atoms. The van der Waals surface area contributed by atoms with Crippen LogP contribution >= 0.6 is 0 Å². The lowest BCUT2D eigenvalue weighted by Gasteiger charge is -2.15. The molecule has 5 aromatic heterocycles. The molecule has 188 valence electrons. The quantitative estimate of drug-likeness (QED) is 0.291. The Morgan fingerprint density at radius 3 is 2.61 bits per heavy atom. The highest BCUT2D eigenvalue weighted by atomic mass is 16.5. The predicted molar refractivity (Wildman–Crippen MR) is 149 cm³/mol. The smallest absolute Gasteiger partial charge is 0.138 e. The number of fused-ring (bicyclic) bond motifs is 2. The molecule has 0 bridgehead atoms. The first kappa shape index (κ1) is 22.6. The molecule has 8 nitrogen and oxygen atoms in total. The van der Waals surface area contributed by atoms with Gasteiger partial charge in [0.15, 0.2) is 0 Å². The van der Waals surface area contributed by atoms with Crippen molar-refractivity contribution < 1.29 is 4.74 Å². The number of nitrogens with zero attached hydrogens (tertiary/aromatic N) is 5. The van der Waals surface area contributed by atoms with Crippen LogP contribution in [0.4, 0.5) is 0 Å². The lowest BCUT2D eigenvalue weighted by molar-refractivity contribution is 0.237. The van der Waals surface area contributed by atoms with Crippen molar-refractivity contribution in [2.75, 3.05) is 26.2 Å². The summed E-state index contributed by atoms with van der Waals surface area (Å²) in [5, 5.41) is 9.91. The highest BCUT2D eigenvalue weighted by molar-refractivity contribution is 6.00. The zero-order chi connectivity index (χ0) is 25.3. The average Bonchev–Trinajstić information content (AvgIpc) is 3.73. The van der Waals surface area contributed by atoms with E-state index in [4.69, 9.17) is 4.74 Å². The standard InChI is InChI=1S/C30H27N7O/c1-2-12-37(11-1)13-14-38-23-15-22(18-32-19-23)21-3-4-27-26(16-21)29(36-35-27)28-17-25-24(7-10-33-30(25)34-28)20-5-8-31-9-6-20/h3-10,15-19H,1-2,11-14H2,(H,33,34)(H,35,36). The van der Waals surface area contributed by atoms with E-state index in [-0.39, 0.29) is 0 Å². The minimum absolute atomic E-state index is 0.673. The Kier molecular flexibility index (Phi) is 5.79. The van der Waals surface area contributed by atoms with Gasteiger partial charge < -0.3 is 9.72 Å². The maximum Gasteiger partial charge on any atom is 0.138 e. The van der Waals surface area contributed by atoms with Crippen molar-refractivity contribution >= 4 is 21.9 Å². The van der Waals surface area contributed by atoms with E-state index >= 15 is 0 Å². The van der Waals surface area contributed by atoms with Gasteiger partial charge in [0.2, 0.25) is 0 Å². The van der Waals surface area contributed by atoms with Gasteiger partial charge in [-0.2, -0.15) is 5.10 Å². The highest BCUT2D eigenvalue weighted by Gasteiger charge is 2.15. The van der Waals surface area contributed by atoms with Gasteiger partial charge in [-0.05, 0) is 85.1 Å². The Morgan fingerprint density at radius 2 is 1.71 bits per heavy atom. The van der Waals surface area contributed by atoms with Crippen LogP contribution in [0.15, 0.2) is 79.5 Å². The summed E-state index contributed by atoms with van der Waals surface area (Å²) in [5.74, 6) is 0.791. The van der Waals surface area contributed by atoms with Crippen LogP contribution in [0.5, 0.6) is 5.75 Å². The lowest BCUT2D eigenvalue weighted by atomic mass is 10.0. The van der Waals surface area contributed by atoms with Crippen molar-refractivity contribution in [2.24, 2.45) is 0 Å². The summed E-state index contributed by atoms with van der Waals surface area (Å²) in [5.41, 5.74) is 7.83. The summed E-state index contributed by atoms with van der Waals surface area (Å²) in [6, 6.07) is 16.5. The Labute approximate surface area is 219 Å². The number of aromatic amines is 2. The molecular formula is C30H27N7O. The zero-order valence-corrected chi connectivity index (χ0v) is 20.9. The molecule has 2 N–H and O–H groups in total. The number of hydrogen-bond acceptors (Lipinski definition) is 6. The molecule has 1 aliphatic heterocycles. The predicted octanol–water partition coefficient (Wildman–Crippen LogP) is 5.70. The molecular weight excluding hydrogens is 474 g/mol. The first-order valence-corrected chi connectivity index (χ1v) is 13.0. The normalized spacial score (nSPS) is 14.0. The number of rotatable bonds is 7. The van der Waals surface area contributed by atoms with Gasteiger partial charge in [-0.25, -0.2) is 4.98 Å². The number of benzene rings is 1. The van der Waals surface area contributed by atoms with E-state index in [1.807, 2.05) is 30.6 Å². The van der Waals surface area contributed by atoms with Crippen LogP contribution in [0, 0.1) is 0 Å². The molecule has 38 heavy (non-hydrogen) atoms. The molecule has 7 rings (SSSR count). The molecule has 0 radical (unpaired) electrons. The lowest BCUT2D eigenvalue weighted by Crippen LogP contribution is -2.25. The van der Waals surface area contributed by atoms with Crippen LogP contribution in [-0.2, 0) is 0 Å². The summed E-state index contributed by atoms with van der Waals surface area (Å²) in [4.78, 5) is 19.1. The van der Waals surface area contributed by atoms with E-state index in [2.05, 4.69) is 65.4 Å². The molecule has 0 atom stereocenters. The number of H-pyrrole nitrogens is 2. The molecule has 1 aliphatic rings. The molecule has 0 unspecified atom stereocenters. The van der Waals surface area contributed by atoms with Crippen molar-refractivity contribution in [1.29, 1.82) is 0 Å². The van der Waals surface area contributed by atoms with Gasteiger partial charge in [-0.1, -0.05) is 6.07 Å². The van der Waals surface area contributed by atoms with Crippen molar-refractivity contribution in [3.63, 3.8) is 0 Å². The number of aromatic nitrogens is 6. The van der Waals surface area contributed by atoms with E-state index in [1.54, 1.807) is 18.6 Å². The molecule has 1 saturated heterocycles. The topological polar surface area (TPSA) is 95.6 Å². The second-order valence-corrected chi connectivity index (χ2v) is 9.68. The molecule has 8 heteroatoms. The summed E-state index contributed by atoms with van der Waals surface area (Å²) in [7, 11) is 0. The molecule has 0 amide bonds. The Morgan fingerprint density at radius 1 is 0.816 bits per heavy atom. The minimum Gasteiger partial charge on any atom is -0.491 e. The summed E-state index contributed by atoms with van der Waals surface area (Å²) >= 11 is 0. The number of pyridine rings is 3. The van der Waals surface area contributed by atoms with Crippen LogP contribution in [0.2, 0.25) is 0 Å². The van der Waals surface area contributed by atoms with Crippen molar-refractivity contribution in [1.82, 2.24) is 35.0 Å². The molecule has 1 aromatic carbocycles. The van der Waals surface area contributed by atoms with E-state index in [0.717, 1.165) is 67.9 Å². The third-order valence-corrected chi connectivity index (χ3v) is 7.26.